The third kappa shape index (κ3) is 4.43. The molecule has 0 aliphatic rings. The molecule has 2 rings (SSSR count). The zero-order valence-electron chi connectivity index (χ0n) is 11.6. The zero-order chi connectivity index (χ0) is 15.2. The van der Waals surface area contributed by atoms with Crippen LogP contribution in [0.25, 0.3) is 0 Å². The number of carbonyl (C=O) groups is 1. The molecule has 108 valence electrons. The number of hydrogen-bond acceptors (Lipinski definition) is 3. The number of aryl methyl sites for hydroxylation is 2. The minimum absolute atomic E-state index is 0.101. The number of rotatable bonds is 5. The van der Waals surface area contributed by atoms with Gasteiger partial charge in [0, 0.05) is 10.5 Å². The smallest absolute Gasteiger partial charge is 0.229 e. The van der Waals surface area contributed by atoms with Crippen LogP contribution in [-0.2, 0) is 17.8 Å². The molecular formula is C15H15BrN4O. The maximum atomic E-state index is 12.1. The van der Waals surface area contributed by atoms with E-state index in [-0.39, 0.29) is 5.91 Å². The van der Waals surface area contributed by atoms with Gasteiger partial charge in [0.2, 0.25) is 5.91 Å². The van der Waals surface area contributed by atoms with Gasteiger partial charge in [-0.05, 0) is 24.6 Å². The zero-order valence-corrected chi connectivity index (χ0v) is 13.2. The average molecular weight is 347 g/mol. The molecule has 0 radical (unpaired) electrons. The predicted octanol–water partition coefficient (Wildman–Crippen LogP) is 3.05. The first-order valence-electron chi connectivity index (χ1n) is 6.54. The molecule has 0 aliphatic carbocycles. The summed E-state index contributed by atoms with van der Waals surface area (Å²) >= 11 is 3.36. The second-order valence-corrected chi connectivity index (χ2v) is 5.57. The second-order valence-electron chi connectivity index (χ2n) is 4.65. The Balaban J connectivity index is 2.02. The molecule has 1 amide bonds. The highest BCUT2D eigenvalue weighted by Crippen LogP contribution is 2.13. The van der Waals surface area contributed by atoms with Crippen molar-refractivity contribution < 1.29 is 4.79 Å². The number of halogens is 1. The van der Waals surface area contributed by atoms with Crippen LogP contribution < -0.4 is 5.32 Å². The van der Waals surface area contributed by atoms with Crippen LogP contribution in [0.5, 0.6) is 0 Å². The topological polar surface area (TPSA) is 70.7 Å². The maximum absolute atomic E-state index is 12.1. The van der Waals surface area contributed by atoms with Crippen LogP contribution in [0, 0.1) is 18.3 Å². The van der Waals surface area contributed by atoms with E-state index >= 15 is 0 Å². The maximum Gasteiger partial charge on any atom is 0.229 e. The standard InChI is InChI=1S/C15H15BrN4O/c1-11-9-14(20(19-11)8-2-7-17)18-15(21)10-12-3-5-13(16)6-4-12/h3-6,9H,2,8,10H2,1H3,(H,18,21). The molecule has 1 heterocycles. The quantitative estimate of drug-likeness (QED) is 0.904. The molecule has 0 atom stereocenters. The van der Waals surface area contributed by atoms with Crippen molar-refractivity contribution in [3.63, 3.8) is 0 Å². The van der Waals surface area contributed by atoms with Gasteiger partial charge in [-0.3, -0.25) is 4.79 Å². The van der Waals surface area contributed by atoms with Crippen LogP contribution in [0.4, 0.5) is 5.82 Å². The Kier molecular flexibility index (Phi) is 5.12. The number of nitrogens with one attached hydrogen (secondary N) is 1. The number of aromatic nitrogens is 2. The molecule has 2 aromatic rings. The van der Waals surface area contributed by atoms with Gasteiger partial charge in [-0.25, -0.2) is 4.68 Å². The lowest BCUT2D eigenvalue weighted by atomic mass is 10.1. The minimum Gasteiger partial charge on any atom is -0.311 e. The Morgan fingerprint density at radius 1 is 1.43 bits per heavy atom. The monoisotopic (exact) mass is 346 g/mol. The molecule has 1 N–H and O–H groups in total. The van der Waals surface area contributed by atoms with Gasteiger partial charge in [-0.2, -0.15) is 10.4 Å². The fourth-order valence-electron chi connectivity index (χ4n) is 1.95. The van der Waals surface area contributed by atoms with Crippen molar-refractivity contribution in [2.24, 2.45) is 0 Å². The molecule has 5 nitrogen and oxygen atoms in total. The summed E-state index contributed by atoms with van der Waals surface area (Å²) in [5, 5.41) is 15.8. The third-order valence-corrected chi connectivity index (χ3v) is 3.41. The van der Waals surface area contributed by atoms with Gasteiger partial charge in [-0.1, -0.05) is 28.1 Å². The van der Waals surface area contributed by atoms with E-state index in [2.05, 4.69) is 32.4 Å². The van der Waals surface area contributed by atoms with Gasteiger partial charge < -0.3 is 5.32 Å². The summed E-state index contributed by atoms with van der Waals surface area (Å²) in [5.41, 5.74) is 1.75. The molecule has 21 heavy (non-hydrogen) atoms. The lowest BCUT2D eigenvalue weighted by Crippen LogP contribution is -2.17. The highest BCUT2D eigenvalue weighted by molar-refractivity contribution is 9.10. The van der Waals surface area contributed by atoms with Crippen molar-refractivity contribution in [3.8, 4) is 6.07 Å². The Morgan fingerprint density at radius 2 is 2.14 bits per heavy atom. The number of amides is 1. The van der Waals surface area contributed by atoms with Gasteiger partial charge >= 0.3 is 0 Å². The van der Waals surface area contributed by atoms with Gasteiger partial charge in [-0.15, -0.1) is 0 Å². The van der Waals surface area contributed by atoms with Crippen LogP contribution in [0.15, 0.2) is 34.8 Å². The number of benzene rings is 1. The first kappa shape index (κ1) is 15.3. The van der Waals surface area contributed by atoms with Gasteiger partial charge in [0.15, 0.2) is 0 Å². The largest absolute Gasteiger partial charge is 0.311 e. The van der Waals surface area contributed by atoms with Gasteiger partial charge in [0.25, 0.3) is 0 Å². The molecule has 0 spiro atoms. The van der Waals surface area contributed by atoms with E-state index in [1.807, 2.05) is 31.2 Å². The fraction of sp³-hybridized carbons (Fsp3) is 0.267. The van der Waals surface area contributed by atoms with Gasteiger partial charge in [0.05, 0.1) is 31.1 Å². The predicted molar refractivity (Wildman–Crippen MR) is 83.7 cm³/mol. The minimum atomic E-state index is -0.101. The Morgan fingerprint density at radius 3 is 2.81 bits per heavy atom. The number of anilines is 1. The molecular weight excluding hydrogens is 332 g/mol. The molecule has 6 heteroatoms. The molecule has 0 saturated heterocycles. The van der Waals surface area contributed by atoms with E-state index in [0.717, 1.165) is 15.7 Å². The van der Waals surface area contributed by atoms with Crippen LogP contribution >= 0.6 is 15.9 Å². The summed E-state index contributed by atoms with van der Waals surface area (Å²) in [6, 6.07) is 11.5. The van der Waals surface area contributed by atoms with Crippen LogP contribution in [0.1, 0.15) is 17.7 Å². The molecule has 1 aromatic carbocycles. The van der Waals surface area contributed by atoms with Crippen LogP contribution in [0.2, 0.25) is 0 Å². The van der Waals surface area contributed by atoms with E-state index in [1.165, 1.54) is 0 Å². The number of hydrogen-bond donors (Lipinski definition) is 1. The van der Waals surface area contributed by atoms with Crippen molar-refractivity contribution in [1.82, 2.24) is 9.78 Å². The van der Waals surface area contributed by atoms with Crippen molar-refractivity contribution in [2.45, 2.75) is 26.3 Å². The Hall–Kier alpha value is -2.13. The molecule has 0 aliphatic heterocycles. The van der Waals surface area contributed by atoms with Crippen molar-refractivity contribution in [3.05, 3.63) is 46.1 Å². The number of carbonyl (C=O) groups excluding carboxylic acids is 1. The Labute approximate surface area is 131 Å². The van der Waals surface area contributed by atoms with E-state index in [4.69, 9.17) is 5.26 Å². The summed E-state index contributed by atoms with van der Waals surface area (Å²) in [5.74, 6) is 0.528. The fourth-order valence-corrected chi connectivity index (χ4v) is 2.21. The average Bonchev–Trinajstić information content (AvgIpc) is 2.79. The molecule has 1 aromatic heterocycles. The van der Waals surface area contributed by atoms with E-state index in [1.54, 1.807) is 10.7 Å². The molecule has 0 fully saturated rings. The molecule has 0 unspecified atom stereocenters. The number of nitriles is 1. The molecule has 0 saturated carbocycles. The summed E-state index contributed by atoms with van der Waals surface area (Å²) in [6.45, 7) is 2.32. The lowest BCUT2D eigenvalue weighted by molar-refractivity contribution is -0.115. The highest BCUT2D eigenvalue weighted by atomic mass is 79.9. The van der Waals surface area contributed by atoms with Gasteiger partial charge in [0.1, 0.15) is 5.82 Å². The summed E-state index contributed by atoms with van der Waals surface area (Å²) in [6.07, 6.45) is 0.659. The Bertz CT molecular complexity index is 670. The number of nitrogens with zero attached hydrogens (tertiary/aromatic N) is 3. The van der Waals surface area contributed by atoms with Crippen LogP contribution in [-0.4, -0.2) is 15.7 Å². The van der Waals surface area contributed by atoms with Crippen molar-refractivity contribution in [1.29, 1.82) is 5.26 Å². The lowest BCUT2D eigenvalue weighted by Gasteiger charge is -2.07. The normalized spacial score (nSPS) is 10.1. The van der Waals surface area contributed by atoms with E-state index in [0.29, 0.717) is 25.2 Å². The summed E-state index contributed by atoms with van der Waals surface area (Å²) in [4.78, 5) is 12.1. The highest BCUT2D eigenvalue weighted by Gasteiger charge is 2.10. The first-order valence-corrected chi connectivity index (χ1v) is 7.33. The van der Waals surface area contributed by atoms with Crippen LogP contribution in [0.3, 0.4) is 0 Å². The first-order chi connectivity index (χ1) is 10.1. The van der Waals surface area contributed by atoms with Crippen molar-refractivity contribution in [2.75, 3.05) is 5.32 Å². The van der Waals surface area contributed by atoms with Crippen molar-refractivity contribution >= 4 is 27.7 Å². The second kappa shape index (κ2) is 7.04. The van der Waals surface area contributed by atoms with E-state index in [9.17, 15) is 4.79 Å². The summed E-state index contributed by atoms with van der Waals surface area (Å²) in [7, 11) is 0. The SMILES string of the molecule is Cc1cc(NC(=O)Cc2ccc(Br)cc2)n(CCC#N)n1. The molecule has 0 bridgehead atoms. The third-order valence-electron chi connectivity index (χ3n) is 2.88. The van der Waals surface area contributed by atoms with E-state index < -0.39 is 0 Å². The summed E-state index contributed by atoms with van der Waals surface area (Å²) < 4.78 is 2.63.